The molecule has 0 aliphatic carbocycles. The number of aryl methyl sites for hydroxylation is 1. The summed E-state index contributed by atoms with van der Waals surface area (Å²) in [5, 5.41) is 2.83. The van der Waals surface area contributed by atoms with Crippen LogP contribution in [0.4, 0.5) is 0 Å². The number of rotatable bonds is 5. The first-order valence-electron chi connectivity index (χ1n) is 6.97. The fourth-order valence-electron chi connectivity index (χ4n) is 1.89. The lowest BCUT2D eigenvalue weighted by atomic mass is 10.2. The molecule has 0 amide bonds. The highest BCUT2D eigenvalue weighted by atomic mass is 32.1. The molecule has 0 saturated carbocycles. The molecule has 2 heterocycles. The standard InChI is InChI=1S/C17H14N2O3S/c1-12-18-14(11-23-12)7-8-16(20)21-9-15-10-22-17(19-15)13-5-3-2-4-6-13/h2-8,10-11H,9H2,1H3/b8-7+. The molecule has 0 spiro atoms. The van der Waals surface area contributed by atoms with Crippen molar-refractivity contribution in [1.29, 1.82) is 0 Å². The van der Waals surface area contributed by atoms with Gasteiger partial charge in [-0.1, -0.05) is 18.2 Å². The topological polar surface area (TPSA) is 65.2 Å². The molecule has 23 heavy (non-hydrogen) atoms. The monoisotopic (exact) mass is 326 g/mol. The first kappa shape index (κ1) is 15.2. The summed E-state index contributed by atoms with van der Waals surface area (Å²) in [6.45, 7) is 1.98. The highest BCUT2D eigenvalue weighted by Gasteiger charge is 2.07. The van der Waals surface area contributed by atoms with Crippen molar-refractivity contribution in [3.8, 4) is 11.5 Å². The molecule has 0 atom stereocenters. The summed E-state index contributed by atoms with van der Waals surface area (Å²) in [6.07, 6.45) is 4.47. The maximum absolute atomic E-state index is 11.7. The lowest BCUT2D eigenvalue weighted by molar-refractivity contribution is -0.139. The normalized spacial score (nSPS) is 11.0. The second-order valence-electron chi connectivity index (χ2n) is 4.74. The molecule has 116 valence electrons. The smallest absolute Gasteiger partial charge is 0.331 e. The van der Waals surface area contributed by atoms with Gasteiger partial charge < -0.3 is 9.15 Å². The molecule has 6 heteroatoms. The summed E-state index contributed by atoms with van der Waals surface area (Å²) in [6, 6.07) is 9.54. The predicted molar refractivity (Wildman–Crippen MR) is 87.6 cm³/mol. The average molecular weight is 326 g/mol. The van der Waals surface area contributed by atoms with Crippen molar-refractivity contribution >= 4 is 23.4 Å². The Balaban J connectivity index is 1.55. The third kappa shape index (κ3) is 4.14. The van der Waals surface area contributed by atoms with Crippen LogP contribution in [0, 0.1) is 6.92 Å². The van der Waals surface area contributed by atoms with Gasteiger partial charge in [0.05, 0.1) is 10.7 Å². The molecule has 3 rings (SSSR count). The van der Waals surface area contributed by atoms with Crippen LogP contribution in [-0.4, -0.2) is 15.9 Å². The van der Waals surface area contributed by atoms with Gasteiger partial charge in [0.25, 0.3) is 0 Å². The summed E-state index contributed by atoms with van der Waals surface area (Å²) in [5.74, 6) is 0.0602. The lowest BCUT2D eigenvalue weighted by Crippen LogP contribution is -2.01. The third-order valence-electron chi connectivity index (χ3n) is 2.96. The Labute approximate surface area is 137 Å². The molecule has 5 nitrogen and oxygen atoms in total. The second kappa shape index (κ2) is 7.02. The van der Waals surface area contributed by atoms with Crippen LogP contribution in [0.1, 0.15) is 16.4 Å². The van der Waals surface area contributed by atoms with Crippen LogP contribution < -0.4 is 0 Å². The first-order valence-corrected chi connectivity index (χ1v) is 7.85. The lowest BCUT2D eigenvalue weighted by Gasteiger charge is -1.97. The van der Waals surface area contributed by atoms with Crippen LogP contribution >= 0.6 is 11.3 Å². The van der Waals surface area contributed by atoms with Crippen LogP contribution in [0.15, 0.2) is 52.5 Å². The highest BCUT2D eigenvalue weighted by molar-refractivity contribution is 7.09. The molecule has 0 radical (unpaired) electrons. The first-order chi connectivity index (χ1) is 11.2. The number of ether oxygens (including phenoxy) is 1. The third-order valence-corrected chi connectivity index (χ3v) is 3.75. The fraction of sp³-hybridized carbons (Fsp3) is 0.118. The zero-order valence-electron chi connectivity index (χ0n) is 12.4. The van der Waals surface area contributed by atoms with Gasteiger partial charge in [-0.3, -0.25) is 0 Å². The fourth-order valence-corrected chi connectivity index (χ4v) is 2.47. The Kier molecular flexibility index (Phi) is 4.63. The molecule has 0 aliphatic heterocycles. The van der Waals surface area contributed by atoms with E-state index < -0.39 is 5.97 Å². The van der Waals surface area contributed by atoms with E-state index in [4.69, 9.17) is 9.15 Å². The maximum atomic E-state index is 11.7. The Morgan fingerprint density at radius 1 is 1.30 bits per heavy atom. The number of hydrogen-bond acceptors (Lipinski definition) is 6. The molecule has 1 aromatic carbocycles. The average Bonchev–Trinajstić information content (AvgIpc) is 3.21. The number of esters is 1. The van der Waals surface area contributed by atoms with E-state index in [-0.39, 0.29) is 6.61 Å². The van der Waals surface area contributed by atoms with Crippen LogP contribution in [-0.2, 0) is 16.1 Å². The predicted octanol–water partition coefficient (Wildman–Crippen LogP) is 3.86. The Bertz CT molecular complexity index is 821. The molecular formula is C17H14N2O3S. The minimum absolute atomic E-state index is 0.0651. The number of carbonyl (C=O) groups excluding carboxylic acids is 1. The van der Waals surface area contributed by atoms with Gasteiger partial charge in [0.2, 0.25) is 5.89 Å². The van der Waals surface area contributed by atoms with Crippen molar-refractivity contribution < 1.29 is 13.9 Å². The number of aromatic nitrogens is 2. The maximum Gasteiger partial charge on any atom is 0.331 e. The minimum atomic E-state index is -0.445. The van der Waals surface area contributed by atoms with Crippen LogP contribution in [0.5, 0.6) is 0 Å². The molecule has 0 N–H and O–H groups in total. The molecular weight excluding hydrogens is 312 g/mol. The van der Waals surface area contributed by atoms with Gasteiger partial charge in [-0.2, -0.15) is 0 Å². The van der Waals surface area contributed by atoms with Crippen LogP contribution in [0.3, 0.4) is 0 Å². The Morgan fingerprint density at radius 3 is 2.87 bits per heavy atom. The minimum Gasteiger partial charge on any atom is -0.456 e. The van der Waals surface area contributed by atoms with Crippen molar-refractivity contribution in [3.05, 3.63) is 64.4 Å². The van der Waals surface area contributed by atoms with Crippen LogP contribution in [0.25, 0.3) is 17.5 Å². The zero-order chi connectivity index (χ0) is 16.1. The van der Waals surface area contributed by atoms with Gasteiger partial charge in [0.1, 0.15) is 18.6 Å². The molecule has 0 fully saturated rings. The van der Waals surface area contributed by atoms with E-state index in [0.717, 1.165) is 16.3 Å². The van der Waals surface area contributed by atoms with Gasteiger partial charge in [-0.15, -0.1) is 11.3 Å². The van der Waals surface area contributed by atoms with Gasteiger partial charge in [-0.25, -0.2) is 14.8 Å². The Morgan fingerprint density at radius 2 is 2.13 bits per heavy atom. The van der Waals surface area contributed by atoms with E-state index >= 15 is 0 Å². The van der Waals surface area contributed by atoms with E-state index in [1.807, 2.05) is 42.6 Å². The molecule has 0 bridgehead atoms. The van der Waals surface area contributed by atoms with E-state index in [0.29, 0.717) is 11.6 Å². The summed E-state index contributed by atoms with van der Waals surface area (Å²) >= 11 is 1.53. The zero-order valence-corrected chi connectivity index (χ0v) is 13.2. The number of thiazole rings is 1. The number of hydrogen-bond donors (Lipinski definition) is 0. The SMILES string of the molecule is Cc1nc(/C=C/C(=O)OCc2coc(-c3ccccc3)n2)cs1. The van der Waals surface area contributed by atoms with Crippen LogP contribution in [0.2, 0.25) is 0 Å². The summed E-state index contributed by atoms with van der Waals surface area (Å²) < 4.78 is 10.5. The van der Waals surface area contributed by atoms with Crippen molar-refractivity contribution in [2.45, 2.75) is 13.5 Å². The molecule has 0 saturated heterocycles. The van der Waals surface area contributed by atoms with E-state index in [2.05, 4.69) is 9.97 Å². The molecule has 0 unspecified atom stereocenters. The van der Waals surface area contributed by atoms with Gasteiger partial charge in [0, 0.05) is 17.0 Å². The second-order valence-corrected chi connectivity index (χ2v) is 5.80. The Hall–Kier alpha value is -2.73. The van der Waals surface area contributed by atoms with E-state index in [1.54, 1.807) is 6.08 Å². The molecule has 0 aliphatic rings. The largest absolute Gasteiger partial charge is 0.456 e. The number of oxazole rings is 1. The van der Waals surface area contributed by atoms with E-state index in [1.165, 1.54) is 23.7 Å². The van der Waals surface area contributed by atoms with Crippen molar-refractivity contribution in [1.82, 2.24) is 9.97 Å². The van der Waals surface area contributed by atoms with Crippen molar-refractivity contribution in [2.75, 3.05) is 0 Å². The van der Waals surface area contributed by atoms with Gasteiger partial charge in [-0.05, 0) is 25.1 Å². The van der Waals surface area contributed by atoms with Gasteiger partial charge in [0.15, 0.2) is 0 Å². The molecule has 3 aromatic rings. The quantitative estimate of drug-likeness (QED) is 0.526. The summed E-state index contributed by atoms with van der Waals surface area (Å²) in [5.41, 5.74) is 2.19. The van der Waals surface area contributed by atoms with Crippen molar-refractivity contribution in [2.24, 2.45) is 0 Å². The van der Waals surface area contributed by atoms with Gasteiger partial charge >= 0.3 is 5.97 Å². The number of carbonyl (C=O) groups is 1. The summed E-state index contributed by atoms with van der Waals surface area (Å²) in [4.78, 5) is 20.2. The van der Waals surface area contributed by atoms with Crippen molar-refractivity contribution in [3.63, 3.8) is 0 Å². The van der Waals surface area contributed by atoms with E-state index in [9.17, 15) is 4.79 Å². The number of nitrogens with zero attached hydrogens (tertiary/aromatic N) is 2. The molecule has 2 aromatic heterocycles. The summed E-state index contributed by atoms with van der Waals surface area (Å²) in [7, 11) is 0. The number of benzene rings is 1. The highest BCUT2D eigenvalue weighted by Crippen LogP contribution is 2.18.